The molecule has 6 rings (SSSR count). The summed E-state index contributed by atoms with van der Waals surface area (Å²) in [6.45, 7) is 2.81. The molecule has 3 aromatic rings. The summed E-state index contributed by atoms with van der Waals surface area (Å²) in [7, 11) is 0. The standard InChI is InChI=1S/C26H27F3N4O/c1-15-6-4-8-17-9-5-13-32(23(15)17)25(34)20-14-21-30-22-18-10-3-2-7-16(18)11-12-19(22)24(26(27,28)29)33(21)31-20/h2-3,7,10,14-15,17,23H,4-6,8-9,11-13H2,1H3/t15-,17-,23-/m1/s1. The van der Waals surface area contributed by atoms with Gasteiger partial charge in [-0.3, -0.25) is 4.79 Å². The minimum atomic E-state index is -4.61. The molecule has 5 nitrogen and oxygen atoms in total. The third kappa shape index (κ3) is 3.33. The number of alkyl halides is 3. The second-order valence-electron chi connectivity index (χ2n) is 10.0. The molecule has 0 radical (unpaired) electrons. The predicted molar refractivity (Wildman–Crippen MR) is 121 cm³/mol. The first kappa shape index (κ1) is 21.6. The van der Waals surface area contributed by atoms with Gasteiger partial charge in [-0.2, -0.15) is 18.3 Å². The van der Waals surface area contributed by atoms with E-state index in [2.05, 4.69) is 17.0 Å². The Kier molecular flexibility index (Phi) is 4.97. The highest BCUT2D eigenvalue weighted by molar-refractivity contribution is 5.94. The number of hydrogen-bond donors (Lipinski definition) is 0. The second-order valence-corrected chi connectivity index (χ2v) is 10.0. The maximum atomic E-state index is 14.3. The average Bonchev–Trinajstić information content (AvgIpc) is 3.24. The van der Waals surface area contributed by atoms with Crippen molar-refractivity contribution in [2.75, 3.05) is 6.54 Å². The van der Waals surface area contributed by atoms with Crippen molar-refractivity contribution >= 4 is 11.6 Å². The molecule has 0 N–H and O–H groups in total. The van der Waals surface area contributed by atoms with Crippen LogP contribution >= 0.6 is 0 Å². The highest BCUT2D eigenvalue weighted by Crippen LogP contribution is 2.42. The van der Waals surface area contributed by atoms with E-state index in [9.17, 15) is 18.0 Å². The van der Waals surface area contributed by atoms with Crippen molar-refractivity contribution in [3.05, 3.63) is 52.8 Å². The summed E-state index contributed by atoms with van der Waals surface area (Å²) in [6.07, 6.45) is 1.52. The zero-order valence-electron chi connectivity index (χ0n) is 19.1. The lowest BCUT2D eigenvalue weighted by atomic mass is 9.73. The van der Waals surface area contributed by atoms with E-state index in [0.29, 0.717) is 30.5 Å². The number of hydrogen-bond acceptors (Lipinski definition) is 3. The lowest BCUT2D eigenvalue weighted by Crippen LogP contribution is -2.53. The number of fused-ring (bicyclic) bond motifs is 5. The van der Waals surface area contributed by atoms with E-state index < -0.39 is 11.9 Å². The van der Waals surface area contributed by atoms with Crippen LogP contribution in [0, 0.1) is 11.8 Å². The highest BCUT2D eigenvalue weighted by atomic mass is 19.4. The molecule has 1 aliphatic heterocycles. The van der Waals surface area contributed by atoms with Crippen LogP contribution in [0.5, 0.6) is 0 Å². The number of rotatable bonds is 1. The molecule has 8 heteroatoms. The van der Waals surface area contributed by atoms with Crippen LogP contribution in [-0.2, 0) is 19.0 Å². The molecule has 34 heavy (non-hydrogen) atoms. The lowest BCUT2D eigenvalue weighted by Gasteiger charge is -2.47. The quantitative estimate of drug-likeness (QED) is 0.470. The molecular weight excluding hydrogens is 441 g/mol. The van der Waals surface area contributed by atoms with E-state index in [1.54, 1.807) is 0 Å². The highest BCUT2D eigenvalue weighted by Gasteiger charge is 2.42. The van der Waals surface area contributed by atoms with Crippen molar-refractivity contribution in [3.8, 4) is 11.3 Å². The van der Waals surface area contributed by atoms with Crippen molar-refractivity contribution < 1.29 is 18.0 Å². The molecule has 0 bridgehead atoms. The summed E-state index contributed by atoms with van der Waals surface area (Å²) in [5.41, 5.74) is 1.51. The number of nitrogens with zero attached hydrogens (tertiary/aromatic N) is 4. The Morgan fingerprint density at radius 1 is 1.09 bits per heavy atom. The normalized spacial score (nSPS) is 24.5. The first-order chi connectivity index (χ1) is 16.3. The fourth-order valence-corrected chi connectivity index (χ4v) is 6.56. The molecule has 2 aliphatic carbocycles. The lowest BCUT2D eigenvalue weighted by molar-refractivity contribution is -0.143. The molecule has 1 amide bonds. The minimum absolute atomic E-state index is 0.0482. The van der Waals surface area contributed by atoms with Gasteiger partial charge in [0.15, 0.2) is 17.0 Å². The molecule has 0 unspecified atom stereocenters. The third-order valence-corrected chi connectivity index (χ3v) is 8.00. The monoisotopic (exact) mass is 468 g/mol. The Labute approximate surface area is 196 Å². The number of aryl methyl sites for hydroxylation is 1. The van der Waals surface area contributed by atoms with Crippen LogP contribution in [0.15, 0.2) is 30.3 Å². The van der Waals surface area contributed by atoms with Gasteiger partial charge in [-0.05, 0) is 55.9 Å². The van der Waals surface area contributed by atoms with Crippen molar-refractivity contribution in [2.45, 2.75) is 64.1 Å². The summed E-state index contributed by atoms with van der Waals surface area (Å²) in [4.78, 5) is 20.1. The smallest absolute Gasteiger partial charge is 0.334 e. The summed E-state index contributed by atoms with van der Waals surface area (Å²) in [6, 6.07) is 9.03. The Morgan fingerprint density at radius 3 is 2.71 bits per heavy atom. The molecule has 2 fully saturated rings. The van der Waals surface area contributed by atoms with Gasteiger partial charge in [-0.25, -0.2) is 9.50 Å². The SMILES string of the molecule is C[C@@H]1CCC[C@@H]2CCCN(C(=O)c3cc4nc5c(c(C(F)(F)F)n4n3)CCc3ccccc3-5)[C@@H]21. The third-order valence-electron chi connectivity index (χ3n) is 8.00. The zero-order valence-corrected chi connectivity index (χ0v) is 19.1. The van der Waals surface area contributed by atoms with Crippen LogP contribution in [0.25, 0.3) is 16.9 Å². The predicted octanol–water partition coefficient (Wildman–Crippen LogP) is 5.55. The number of halogens is 3. The summed E-state index contributed by atoms with van der Waals surface area (Å²) in [5.74, 6) is 0.569. The van der Waals surface area contributed by atoms with Crippen molar-refractivity contribution in [1.82, 2.24) is 19.5 Å². The van der Waals surface area contributed by atoms with E-state index >= 15 is 0 Å². The van der Waals surface area contributed by atoms with Gasteiger partial charge in [0.05, 0.1) is 5.69 Å². The van der Waals surface area contributed by atoms with Crippen molar-refractivity contribution in [3.63, 3.8) is 0 Å². The van der Waals surface area contributed by atoms with Gasteiger partial charge in [-0.15, -0.1) is 0 Å². The molecule has 3 heterocycles. The van der Waals surface area contributed by atoms with Gasteiger partial charge < -0.3 is 4.90 Å². The average molecular weight is 469 g/mol. The molecule has 3 atom stereocenters. The zero-order chi connectivity index (χ0) is 23.6. The molecular formula is C26H27F3N4O. The Hall–Kier alpha value is -2.90. The summed E-state index contributed by atoms with van der Waals surface area (Å²) < 4.78 is 43.9. The minimum Gasteiger partial charge on any atom is -0.334 e. The van der Waals surface area contributed by atoms with E-state index in [0.717, 1.165) is 41.3 Å². The molecule has 3 aliphatic rings. The Balaban J connectivity index is 1.48. The van der Waals surface area contributed by atoms with E-state index in [-0.39, 0.29) is 35.3 Å². The molecule has 2 aromatic heterocycles. The molecule has 1 saturated heterocycles. The van der Waals surface area contributed by atoms with Crippen LogP contribution in [0.3, 0.4) is 0 Å². The Morgan fingerprint density at radius 2 is 1.88 bits per heavy atom. The van der Waals surface area contributed by atoms with Crippen molar-refractivity contribution in [2.24, 2.45) is 11.8 Å². The fraction of sp³-hybridized carbons (Fsp3) is 0.500. The van der Waals surface area contributed by atoms with Gasteiger partial charge in [0, 0.05) is 29.8 Å². The maximum Gasteiger partial charge on any atom is 0.433 e. The summed E-state index contributed by atoms with van der Waals surface area (Å²) >= 11 is 0. The molecule has 1 saturated carbocycles. The van der Waals surface area contributed by atoms with Crippen molar-refractivity contribution in [1.29, 1.82) is 0 Å². The van der Waals surface area contributed by atoms with Crippen LogP contribution in [-0.4, -0.2) is 38.0 Å². The molecule has 178 valence electrons. The number of likely N-dealkylation sites (tertiary alicyclic amines) is 1. The van der Waals surface area contributed by atoms with E-state index in [1.807, 2.05) is 29.2 Å². The number of aromatic nitrogens is 3. The Bertz CT molecular complexity index is 1280. The fourth-order valence-electron chi connectivity index (χ4n) is 6.56. The molecule has 1 aromatic carbocycles. The number of carbonyl (C=O) groups is 1. The first-order valence-electron chi connectivity index (χ1n) is 12.2. The largest absolute Gasteiger partial charge is 0.433 e. The second kappa shape index (κ2) is 7.82. The van der Waals surface area contributed by atoms with E-state index in [4.69, 9.17) is 0 Å². The topological polar surface area (TPSA) is 50.5 Å². The molecule has 0 spiro atoms. The maximum absolute atomic E-state index is 14.3. The van der Waals surface area contributed by atoms with Crippen LogP contribution in [0.4, 0.5) is 13.2 Å². The van der Waals surface area contributed by atoms with Crippen LogP contribution in [0.2, 0.25) is 0 Å². The van der Waals surface area contributed by atoms with Gasteiger partial charge in [0.1, 0.15) is 0 Å². The van der Waals surface area contributed by atoms with Gasteiger partial charge in [-0.1, -0.05) is 37.6 Å². The van der Waals surface area contributed by atoms with Crippen LogP contribution < -0.4 is 0 Å². The van der Waals surface area contributed by atoms with E-state index in [1.165, 1.54) is 12.5 Å². The van der Waals surface area contributed by atoms with Gasteiger partial charge in [0.25, 0.3) is 5.91 Å². The number of carbonyl (C=O) groups excluding carboxylic acids is 1. The number of benzene rings is 1. The van der Waals surface area contributed by atoms with Gasteiger partial charge >= 0.3 is 6.18 Å². The van der Waals surface area contributed by atoms with Crippen LogP contribution in [0.1, 0.15) is 66.3 Å². The number of piperidine rings is 1. The number of amides is 1. The van der Waals surface area contributed by atoms with Gasteiger partial charge in [0.2, 0.25) is 0 Å². The first-order valence-corrected chi connectivity index (χ1v) is 12.2. The summed E-state index contributed by atoms with van der Waals surface area (Å²) in [5, 5.41) is 4.22.